The summed E-state index contributed by atoms with van der Waals surface area (Å²) in [5.74, 6) is 0.0364. The van der Waals surface area contributed by atoms with Crippen LogP contribution in [0.15, 0.2) is 94.5 Å². The Morgan fingerprint density at radius 3 is 2.49 bits per heavy atom. The van der Waals surface area contributed by atoms with Crippen molar-refractivity contribution in [3.8, 4) is 11.5 Å². The fourth-order valence-corrected chi connectivity index (χ4v) is 3.74. The van der Waals surface area contributed by atoms with Crippen molar-refractivity contribution in [1.82, 2.24) is 5.43 Å². The van der Waals surface area contributed by atoms with E-state index in [0.717, 1.165) is 20.8 Å². The second-order valence-corrected chi connectivity index (χ2v) is 8.82. The Balaban J connectivity index is 1.42. The first kappa shape index (κ1) is 24.2. The van der Waals surface area contributed by atoms with E-state index in [0.29, 0.717) is 22.6 Å². The van der Waals surface area contributed by atoms with Crippen LogP contribution in [0.4, 0.5) is 0 Å². The number of hydrogen-bond acceptors (Lipinski definition) is 5. The largest absolute Gasteiger partial charge is 0.480 e. The van der Waals surface area contributed by atoms with E-state index in [4.69, 9.17) is 9.47 Å². The molecule has 0 heterocycles. The van der Waals surface area contributed by atoms with Gasteiger partial charge in [-0.3, -0.25) is 4.79 Å². The number of halogens is 1. The molecule has 1 N–H and O–H groups in total. The molecular formula is C28H23BrN2O4. The van der Waals surface area contributed by atoms with Crippen LogP contribution < -0.4 is 14.9 Å². The maximum absolute atomic E-state index is 12.6. The minimum absolute atomic E-state index is 0.317. The SMILES string of the molecule is Cc1ccc(C(=O)Oc2ccc(Br)cc2/C=N\NC(=O)[C@@H](C)Oc2cccc3ccccc23)cc1. The molecule has 6 nitrogen and oxygen atoms in total. The van der Waals surface area contributed by atoms with E-state index in [1.165, 1.54) is 6.21 Å². The molecule has 0 saturated heterocycles. The van der Waals surface area contributed by atoms with Gasteiger partial charge < -0.3 is 9.47 Å². The summed E-state index contributed by atoms with van der Waals surface area (Å²) >= 11 is 3.41. The molecule has 0 unspecified atom stereocenters. The highest BCUT2D eigenvalue weighted by Gasteiger charge is 2.16. The molecule has 0 aliphatic rings. The molecule has 35 heavy (non-hydrogen) atoms. The molecule has 1 amide bonds. The Hall–Kier alpha value is -3.97. The van der Waals surface area contributed by atoms with Gasteiger partial charge in [0.15, 0.2) is 6.10 Å². The first-order chi connectivity index (χ1) is 16.9. The Kier molecular flexibility index (Phi) is 7.57. The lowest BCUT2D eigenvalue weighted by Gasteiger charge is -2.14. The minimum Gasteiger partial charge on any atom is -0.480 e. The number of carbonyl (C=O) groups is 2. The molecule has 1 atom stereocenters. The fraction of sp³-hybridized carbons (Fsp3) is 0.107. The molecule has 176 valence electrons. The standard InChI is InChI=1S/C28H23BrN2O4/c1-18-10-12-21(13-11-18)28(33)35-25-15-14-23(29)16-22(25)17-30-31-27(32)19(2)34-26-9-5-7-20-6-3-4-8-24(20)26/h3-17,19H,1-2H3,(H,31,32)/b30-17-/t19-/m1/s1. The molecule has 4 aromatic carbocycles. The lowest BCUT2D eigenvalue weighted by atomic mass is 10.1. The van der Waals surface area contributed by atoms with Crippen LogP contribution in [0.1, 0.15) is 28.4 Å². The van der Waals surface area contributed by atoms with Gasteiger partial charge in [0.05, 0.1) is 11.8 Å². The van der Waals surface area contributed by atoms with Crippen LogP contribution in [-0.4, -0.2) is 24.2 Å². The molecule has 4 aromatic rings. The van der Waals surface area contributed by atoms with Crippen LogP contribution in [0, 0.1) is 6.92 Å². The van der Waals surface area contributed by atoms with E-state index in [-0.39, 0.29) is 0 Å². The summed E-state index contributed by atoms with van der Waals surface area (Å²) in [6.45, 7) is 3.60. The van der Waals surface area contributed by atoms with Gasteiger partial charge in [-0.2, -0.15) is 5.10 Å². The highest BCUT2D eigenvalue weighted by atomic mass is 79.9. The summed E-state index contributed by atoms with van der Waals surface area (Å²) in [4.78, 5) is 25.1. The number of carbonyl (C=O) groups excluding carboxylic acids is 2. The molecule has 0 aromatic heterocycles. The topological polar surface area (TPSA) is 77.0 Å². The van der Waals surface area contributed by atoms with Crippen molar-refractivity contribution in [2.24, 2.45) is 5.10 Å². The van der Waals surface area contributed by atoms with Crippen molar-refractivity contribution in [1.29, 1.82) is 0 Å². The van der Waals surface area contributed by atoms with Crippen LogP contribution in [-0.2, 0) is 4.79 Å². The summed E-state index contributed by atoms with van der Waals surface area (Å²) in [6.07, 6.45) is 0.643. The average Bonchev–Trinajstić information content (AvgIpc) is 2.86. The first-order valence-electron chi connectivity index (χ1n) is 11.0. The molecule has 7 heteroatoms. The van der Waals surface area contributed by atoms with Gasteiger partial charge in [-0.05, 0) is 55.6 Å². The van der Waals surface area contributed by atoms with Crippen LogP contribution in [0.5, 0.6) is 11.5 Å². The molecule has 4 rings (SSSR count). The zero-order chi connectivity index (χ0) is 24.8. The summed E-state index contributed by atoms with van der Waals surface area (Å²) in [5, 5.41) is 5.99. The van der Waals surface area contributed by atoms with E-state index < -0.39 is 18.0 Å². The fourth-order valence-electron chi connectivity index (χ4n) is 3.36. The maximum atomic E-state index is 12.6. The second kappa shape index (κ2) is 11.0. The number of ether oxygens (including phenoxy) is 2. The lowest BCUT2D eigenvalue weighted by molar-refractivity contribution is -0.127. The van der Waals surface area contributed by atoms with E-state index in [9.17, 15) is 9.59 Å². The Labute approximate surface area is 211 Å². The van der Waals surface area contributed by atoms with Crippen LogP contribution in [0.25, 0.3) is 10.8 Å². The number of esters is 1. The molecule has 0 aliphatic carbocycles. The van der Waals surface area contributed by atoms with Gasteiger partial charge in [-0.25, -0.2) is 10.2 Å². The average molecular weight is 531 g/mol. The number of fused-ring (bicyclic) bond motifs is 1. The van der Waals surface area contributed by atoms with E-state index in [1.54, 1.807) is 37.3 Å². The van der Waals surface area contributed by atoms with Crippen molar-refractivity contribution >= 4 is 44.8 Å². The number of amides is 1. The third kappa shape index (κ3) is 6.13. The normalized spacial score (nSPS) is 11.9. The number of aryl methyl sites for hydroxylation is 1. The zero-order valence-electron chi connectivity index (χ0n) is 19.2. The van der Waals surface area contributed by atoms with E-state index in [1.807, 2.05) is 61.5 Å². The smallest absolute Gasteiger partial charge is 0.343 e. The Morgan fingerprint density at radius 2 is 1.69 bits per heavy atom. The van der Waals surface area contributed by atoms with Gasteiger partial charge in [-0.1, -0.05) is 70.0 Å². The Bertz CT molecular complexity index is 1390. The predicted molar refractivity (Wildman–Crippen MR) is 140 cm³/mol. The van der Waals surface area contributed by atoms with E-state index in [2.05, 4.69) is 26.5 Å². The number of nitrogens with one attached hydrogen (secondary N) is 1. The van der Waals surface area contributed by atoms with Crippen molar-refractivity contribution in [3.05, 3.63) is 106 Å². The van der Waals surface area contributed by atoms with Crippen molar-refractivity contribution in [3.63, 3.8) is 0 Å². The summed E-state index contributed by atoms with van der Waals surface area (Å²) in [7, 11) is 0. The summed E-state index contributed by atoms with van der Waals surface area (Å²) in [5.41, 5.74) is 4.49. The molecule has 0 spiro atoms. The predicted octanol–water partition coefficient (Wildman–Crippen LogP) is 6.05. The van der Waals surface area contributed by atoms with E-state index >= 15 is 0 Å². The quantitative estimate of drug-likeness (QED) is 0.136. The number of rotatable bonds is 7. The van der Waals surface area contributed by atoms with Gasteiger partial charge in [0, 0.05) is 15.4 Å². The van der Waals surface area contributed by atoms with Gasteiger partial charge in [-0.15, -0.1) is 0 Å². The van der Waals surface area contributed by atoms with Gasteiger partial charge >= 0.3 is 5.97 Å². The molecule has 0 aliphatic heterocycles. The monoisotopic (exact) mass is 530 g/mol. The van der Waals surface area contributed by atoms with Gasteiger partial charge in [0.2, 0.25) is 0 Å². The van der Waals surface area contributed by atoms with Crippen LogP contribution in [0.3, 0.4) is 0 Å². The Morgan fingerprint density at radius 1 is 0.943 bits per heavy atom. The number of nitrogens with zero attached hydrogens (tertiary/aromatic N) is 1. The van der Waals surface area contributed by atoms with Crippen LogP contribution in [0.2, 0.25) is 0 Å². The molecular weight excluding hydrogens is 508 g/mol. The first-order valence-corrected chi connectivity index (χ1v) is 11.8. The summed E-state index contributed by atoms with van der Waals surface area (Å²) in [6, 6.07) is 25.8. The van der Waals surface area contributed by atoms with Gasteiger partial charge in [0.1, 0.15) is 11.5 Å². The molecule has 0 bridgehead atoms. The molecule has 0 saturated carbocycles. The summed E-state index contributed by atoms with van der Waals surface area (Å²) < 4.78 is 12.2. The zero-order valence-corrected chi connectivity index (χ0v) is 20.8. The molecule has 0 radical (unpaired) electrons. The number of hydrazone groups is 1. The minimum atomic E-state index is -0.778. The van der Waals surface area contributed by atoms with Gasteiger partial charge in [0.25, 0.3) is 5.91 Å². The third-order valence-corrected chi connectivity index (χ3v) is 5.76. The molecule has 0 fully saturated rings. The number of hydrogen-bond donors (Lipinski definition) is 1. The second-order valence-electron chi connectivity index (χ2n) is 7.91. The maximum Gasteiger partial charge on any atom is 0.343 e. The van der Waals surface area contributed by atoms with Crippen molar-refractivity contribution in [2.75, 3.05) is 0 Å². The van der Waals surface area contributed by atoms with Crippen molar-refractivity contribution < 1.29 is 19.1 Å². The third-order valence-electron chi connectivity index (χ3n) is 5.26. The highest BCUT2D eigenvalue weighted by molar-refractivity contribution is 9.10. The lowest BCUT2D eigenvalue weighted by Crippen LogP contribution is -2.33. The van der Waals surface area contributed by atoms with Crippen molar-refractivity contribution in [2.45, 2.75) is 20.0 Å². The highest BCUT2D eigenvalue weighted by Crippen LogP contribution is 2.26. The van der Waals surface area contributed by atoms with Crippen LogP contribution >= 0.6 is 15.9 Å². The number of benzene rings is 4.